The maximum Gasteiger partial charge on any atom is 0.0294 e. The molecule has 0 aliphatic rings. The molecular weight excluding hydrogens is 170 g/mol. The molecular formula is C13H17N. The molecule has 1 rings (SSSR count). The van der Waals surface area contributed by atoms with Gasteiger partial charge in [0.05, 0.1) is 0 Å². The van der Waals surface area contributed by atoms with Gasteiger partial charge in [-0.15, -0.1) is 12.3 Å². The minimum absolute atomic E-state index is 0.379. The molecule has 14 heavy (non-hydrogen) atoms. The van der Waals surface area contributed by atoms with E-state index in [-0.39, 0.29) is 0 Å². The minimum Gasteiger partial charge on any atom is -0.309 e. The van der Waals surface area contributed by atoms with E-state index in [1.807, 2.05) is 0 Å². The molecule has 0 bridgehead atoms. The predicted octanol–water partition coefficient (Wildman–Crippen LogP) is 2.67. The molecule has 0 aliphatic heterocycles. The fourth-order valence-corrected chi connectivity index (χ4v) is 1.54. The molecule has 74 valence electrons. The first-order valence-corrected chi connectivity index (χ1v) is 4.98. The van der Waals surface area contributed by atoms with E-state index in [4.69, 9.17) is 6.42 Å². The normalized spacial score (nSPS) is 12.1. The van der Waals surface area contributed by atoms with Gasteiger partial charge >= 0.3 is 0 Å². The van der Waals surface area contributed by atoms with Gasteiger partial charge in [0.2, 0.25) is 0 Å². The number of hydrogen-bond acceptors (Lipinski definition) is 1. The first kappa shape index (κ1) is 10.8. The van der Waals surface area contributed by atoms with Crippen LogP contribution in [0.4, 0.5) is 0 Å². The smallest absolute Gasteiger partial charge is 0.0294 e. The molecule has 0 saturated carbocycles. The number of aryl methyl sites for hydroxylation is 1. The van der Waals surface area contributed by atoms with Gasteiger partial charge in [-0.1, -0.05) is 24.3 Å². The molecule has 1 unspecified atom stereocenters. The molecule has 1 N–H and O–H groups in total. The second-order valence-corrected chi connectivity index (χ2v) is 3.49. The predicted molar refractivity (Wildman–Crippen MR) is 61.0 cm³/mol. The summed E-state index contributed by atoms with van der Waals surface area (Å²) in [5.41, 5.74) is 2.68. The molecule has 0 aliphatic carbocycles. The molecule has 1 nitrogen and oxygen atoms in total. The first-order valence-electron chi connectivity index (χ1n) is 4.98. The summed E-state index contributed by atoms with van der Waals surface area (Å²) in [6, 6.07) is 8.80. The Morgan fingerprint density at radius 2 is 2.14 bits per heavy atom. The highest BCUT2D eigenvalue weighted by Crippen LogP contribution is 2.16. The zero-order valence-electron chi connectivity index (χ0n) is 8.88. The zero-order valence-corrected chi connectivity index (χ0v) is 8.88. The second-order valence-electron chi connectivity index (χ2n) is 3.49. The zero-order chi connectivity index (χ0) is 10.4. The van der Waals surface area contributed by atoms with E-state index in [0.717, 1.165) is 13.0 Å². The maximum atomic E-state index is 5.19. The average molecular weight is 187 g/mol. The Morgan fingerprint density at radius 1 is 1.43 bits per heavy atom. The van der Waals surface area contributed by atoms with Gasteiger partial charge in [-0.2, -0.15) is 0 Å². The van der Waals surface area contributed by atoms with Crippen LogP contribution >= 0.6 is 0 Å². The summed E-state index contributed by atoms with van der Waals surface area (Å²) in [6.45, 7) is 5.18. The summed E-state index contributed by atoms with van der Waals surface area (Å²) in [7, 11) is 0. The van der Waals surface area contributed by atoms with Crippen molar-refractivity contribution < 1.29 is 0 Å². The maximum absolute atomic E-state index is 5.19. The number of nitrogens with one attached hydrogen (secondary N) is 1. The largest absolute Gasteiger partial charge is 0.309 e. The van der Waals surface area contributed by atoms with Crippen molar-refractivity contribution in [1.82, 2.24) is 5.32 Å². The summed E-state index contributed by atoms with van der Waals surface area (Å²) < 4.78 is 0. The van der Waals surface area contributed by atoms with Crippen molar-refractivity contribution in [2.45, 2.75) is 26.3 Å². The van der Waals surface area contributed by atoms with Crippen molar-refractivity contribution in [2.75, 3.05) is 6.54 Å². The third-order valence-electron chi connectivity index (χ3n) is 2.37. The Kier molecular flexibility index (Phi) is 4.22. The van der Waals surface area contributed by atoms with E-state index in [1.54, 1.807) is 0 Å². The summed E-state index contributed by atoms with van der Waals surface area (Å²) in [5, 5.41) is 3.40. The van der Waals surface area contributed by atoms with Gasteiger partial charge in [0.15, 0.2) is 0 Å². The van der Waals surface area contributed by atoms with Crippen LogP contribution < -0.4 is 5.32 Å². The summed E-state index contributed by atoms with van der Waals surface area (Å²) in [4.78, 5) is 0. The van der Waals surface area contributed by atoms with Gasteiger partial charge in [-0.05, 0) is 25.0 Å². The number of benzene rings is 1. The Morgan fingerprint density at radius 3 is 2.79 bits per heavy atom. The molecule has 0 aromatic heterocycles. The molecule has 1 atom stereocenters. The summed E-state index contributed by atoms with van der Waals surface area (Å²) >= 11 is 0. The highest BCUT2D eigenvalue weighted by Gasteiger charge is 2.05. The van der Waals surface area contributed by atoms with Crippen LogP contribution in [0.5, 0.6) is 0 Å². The average Bonchev–Trinajstić information content (AvgIpc) is 2.18. The van der Waals surface area contributed by atoms with E-state index in [9.17, 15) is 0 Å². The first-order chi connectivity index (χ1) is 6.75. The lowest BCUT2D eigenvalue weighted by molar-refractivity contribution is 0.581. The highest BCUT2D eigenvalue weighted by atomic mass is 14.9. The van der Waals surface area contributed by atoms with Crippen molar-refractivity contribution in [3.8, 4) is 12.3 Å². The van der Waals surface area contributed by atoms with Gasteiger partial charge in [-0.3, -0.25) is 0 Å². The Labute approximate surface area is 86.5 Å². The van der Waals surface area contributed by atoms with Crippen LogP contribution in [-0.2, 0) is 0 Å². The van der Waals surface area contributed by atoms with Gasteiger partial charge in [0.25, 0.3) is 0 Å². The molecule has 1 heteroatoms. The quantitative estimate of drug-likeness (QED) is 0.564. The lowest BCUT2D eigenvalue weighted by Crippen LogP contribution is -2.20. The van der Waals surface area contributed by atoms with Crippen LogP contribution in [0.3, 0.4) is 0 Å². The molecule has 0 fully saturated rings. The number of rotatable bonds is 4. The van der Waals surface area contributed by atoms with Crippen molar-refractivity contribution >= 4 is 0 Å². The van der Waals surface area contributed by atoms with Gasteiger partial charge in [-0.25, -0.2) is 0 Å². The molecule has 0 radical (unpaired) electrons. The summed E-state index contributed by atoms with van der Waals surface area (Å²) in [6.07, 6.45) is 5.98. The molecule has 0 amide bonds. The van der Waals surface area contributed by atoms with Gasteiger partial charge < -0.3 is 5.32 Å². The van der Waals surface area contributed by atoms with Crippen LogP contribution in [-0.4, -0.2) is 6.54 Å². The third kappa shape index (κ3) is 2.90. The lowest BCUT2D eigenvalue weighted by atomic mass is 10.0. The van der Waals surface area contributed by atoms with E-state index in [2.05, 4.69) is 49.4 Å². The molecule has 0 spiro atoms. The van der Waals surface area contributed by atoms with Crippen LogP contribution in [0, 0.1) is 19.3 Å². The number of terminal acetylenes is 1. The fraction of sp³-hybridized carbons (Fsp3) is 0.385. The highest BCUT2D eigenvalue weighted by molar-refractivity contribution is 5.28. The van der Waals surface area contributed by atoms with E-state index >= 15 is 0 Å². The molecule has 0 saturated heterocycles. The van der Waals surface area contributed by atoms with Crippen molar-refractivity contribution in [3.63, 3.8) is 0 Å². The third-order valence-corrected chi connectivity index (χ3v) is 2.37. The fourth-order valence-electron chi connectivity index (χ4n) is 1.54. The van der Waals surface area contributed by atoms with Crippen LogP contribution in [0.25, 0.3) is 0 Å². The van der Waals surface area contributed by atoms with E-state index < -0.39 is 0 Å². The van der Waals surface area contributed by atoms with Crippen LogP contribution in [0.2, 0.25) is 0 Å². The van der Waals surface area contributed by atoms with E-state index in [1.165, 1.54) is 11.1 Å². The van der Waals surface area contributed by atoms with Crippen molar-refractivity contribution in [2.24, 2.45) is 0 Å². The van der Waals surface area contributed by atoms with Crippen LogP contribution in [0.15, 0.2) is 24.3 Å². The minimum atomic E-state index is 0.379. The van der Waals surface area contributed by atoms with Crippen molar-refractivity contribution in [1.29, 1.82) is 0 Å². The monoisotopic (exact) mass is 187 g/mol. The van der Waals surface area contributed by atoms with Gasteiger partial charge in [0, 0.05) is 19.0 Å². The second kappa shape index (κ2) is 5.47. The SMILES string of the molecule is C#CCCNC(C)c1ccccc1C. The standard InChI is InChI=1S/C13H17N/c1-4-5-10-14-12(3)13-9-7-6-8-11(13)2/h1,6-9,12,14H,5,10H2,2-3H3. The van der Waals surface area contributed by atoms with E-state index in [0.29, 0.717) is 6.04 Å². The Balaban J connectivity index is 2.57. The topological polar surface area (TPSA) is 12.0 Å². The Bertz CT molecular complexity index is 322. The summed E-state index contributed by atoms with van der Waals surface area (Å²) in [5.74, 6) is 2.63. The van der Waals surface area contributed by atoms with Crippen molar-refractivity contribution in [3.05, 3.63) is 35.4 Å². The molecule has 0 heterocycles. The lowest BCUT2D eigenvalue weighted by Gasteiger charge is -2.15. The molecule has 1 aromatic rings. The van der Waals surface area contributed by atoms with Crippen LogP contribution in [0.1, 0.15) is 30.5 Å². The molecule has 1 aromatic carbocycles. The Hall–Kier alpha value is -1.26. The van der Waals surface area contributed by atoms with Gasteiger partial charge in [0.1, 0.15) is 0 Å². The number of hydrogen-bond donors (Lipinski definition) is 1.